The van der Waals surface area contributed by atoms with E-state index in [1.807, 2.05) is 20.8 Å². The number of pyridine rings is 1. The molecule has 2 N–H and O–H groups in total. The topological polar surface area (TPSA) is 89.5 Å². The molecule has 2 rings (SSSR count). The number of carbonyl (C=O) groups is 2. The number of nitrogens with zero attached hydrogens (tertiary/aromatic N) is 1. The minimum Gasteiger partial charge on any atom is -0.495 e. The van der Waals surface area contributed by atoms with Crippen LogP contribution in [0.5, 0.6) is 11.5 Å². The summed E-state index contributed by atoms with van der Waals surface area (Å²) in [5, 5.41) is 5.91. The zero-order chi connectivity index (χ0) is 20.2. The molecule has 0 bridgehead atoms. The lowest BCUT2D eigenvalue weighted by molar-refractivity contribution is 0.0919. The number of carbonyl (C=O) groups excluding carboxylic acids is 2. The maximum Gasteiger partial charge on any atom is 0.257 e. The lowest BCUT2D eigenvalue weighted by Crippen LogP contribution is -2.40. The smallest absolute Gasteiger partial charge is 0.257 e. The second kappa shape index (κ2) is 8.26. The third-order valence-electron chi connectivity index (χ3n) is 3.47. The van der Waals surface area contributed by atoms with Crippen LogP contribution in [0.1, 0.15) is 41.5 Å². The predicted molar refractivity (Wildman–Crippen MR) is 104 cm³/mol. The van der Waals surface area contributed by atoms with Crippen molar-refractivity contribution < 1.29 is 19.1 Å². The summed E-state index contributed by atoms with van der Waals surface area (Å²) in [6.45, 7) is 5.61. The summed E-state index contributed by atoms with van der Waals surface area (Å²) in [6, 6.07) is 4.58. The van der Waals surface area contributed by atoms with Crippen molar-refractivity contribution in [2.24, 2.45) is 0 Å². The Kier molecular flexibility index (Phi) is 6.28. The normalized spacial score (nSPS) is 10.9. The fraction of sp³-hybridized carbons (Fsp3) is 0.316. The second-order valence-electron chi connectivity index (χ2n) is 6.81. The van der Waals surface area contributed by atoms with Gasteiger partial charge in [0.05, 0.1) is 36.1 Å². The van der Waals surface area contributed by atoms with Gasteiger partial charge in [-0.3, -0.25) is 14.6 Å². The molecule has 1 aromatic heterocycles. The molecule has 144 valence electrons. The molecular weight excluding hydrogens is 370 g/mol. The van der Waals surface area contributed by atoms with Crippen LogP contribution in [0.15, 0.2) is 30.6 Å². The van der Waals surface area contributed by atoms with Crippen molar-refractivity contribution in [1.29, 1.82) is 0 Å². The third kappa shape index (κ3) is 5.34. The van der Waals surface area contributed by atoms with Crippen LogP contribution in [-0.4, -0.2) is 36.6 Å². The van der Waals surface area contributed by atoms with E-state index in [0.29, 0.717) is 27.8 Å². The van der Waals surface area contributed by atoms with E-state index in [1.165, 1.54) is 32.7 Å². The van der Waals surface area contributed by atoms with Crippen molar-refractivity contribution >= 4 is 29.1 Å². The number of rotatable bonds is 5. The highest BCUT2D eigenvalue weighted by atomic mass is 35.5. The van der Waals surface area contributed by atoms with Gasteiger partial charge >= 0.3 is 0 Å². The van der Waals surface area contributed by atoms with Gasteiger partial charge in [-0.15, -0.1) is 0 Å². The minimum absolute atomic E-state index is 0.229. The van der Waals surface area contributed by atoms with Gasteiger partial charge in [0.25, 0.3) is 11.8 Å². The Labute approximate surface area is 163 Å². The van der Waals surface area contributed by atoms with Gasteiger partial charge in [-0.05, 0) is 26.8 Å². The molecule has 7 nitrogen and oxygen atoms in total. The summed E-state index contributed by atoms with van der Waals surface area (Å²) in [5.74, 6) is 0.0129. The molecule has 2 aromatic rings. The number of nitrogens with one attached hydrogen (secondary N) is 2. The molecule has 0 atom stereocenters. The first-order valence-corrected chi connectivity index (χ1v) is 8.53. The SMILES string of the molecule is COc1cc(NC(=O)c2cncc(C(=O)NC(C)(C)C)c2)c(OC)cc1Cl. The monoisotopic (exact) mass is 391 g/mol. The first kappa shape index (κ1) is 20.5. The van der Waals surface area contributed by atoms with E-state index in [4.69, 9.17) is 21.1 Å². The first-order valence-electron chi connectivity index (χ1n) is 8.15. The van der Waals surface area contributed by atoms with Crippen molar-refractivity contribution in [2.45, 2.75) is 26.3 Å². The maximum atomic E-state index is 12.6. The van der Waals surface area contributed by atoms with E-state index >= 15 is 0 Å². The number of hydrogen-bond donors (Lipinski definition) is 2. The Hall–Kier alpha value is -2.80. The third-order valence-corrected chi connectivity index (χ3v) is 3.77. The summed E-state index contributed by atoms with van der Waals surface area (Å²) in [5.41, 5.74) is 0.502. The van der Waals surface area contributed by atoms with Gasteiger partial charge in [0.1, 0.15) is 11.5 Å². The molecule has 2 amide bonds. The number of amides is 2. The lowest BCUT2D eigenvalue weighted by Gasteiger charge is -2.20. The van der Waals surface area contributed by atoms with E-state index in [1.54, 1.807) is 12.1 Å². The number of halogens is 1. The van der Waals surface area contributed by atoms with Crippen LogP contribution >= 0.6 is 11.6 Å². The van der Waals surface area contributed by atoms with E-state index < -0.39 is 11.4 Å². The molecule has 1 heterocycles. The predicted octanol–water partition coefficient (Wildman–Crippen LogP) is 3.53. The Bertz CT molecular complexity index is 863. The number of anilines is 1. The molecule has 1 aromatic carbocycles. The van der Waals surface area contributed by atoms with Gasteiger partial charge in [0.2, 0.25) is 0 Å². The van der Waals surface area contributed by atoms with Crippen LogP contribution in [0.2, 0.25) is 5.02 Å². The molecule has 0 spiro atoms. The van der Waals surface area contributed by atoms with E-state index in [0.717, 1.165) is 0 Å². The molecule has 0 fully saturated rings. The standard InChI is InChI=1S/C19H22ClN3O4/c1-19(2,3)23-18(25)12-6-11(9-21-10-12)17(24)22-14-8-15(26-4)13(20)7-16(14)27-5/h6-10H,1-5H3,(H,22,24)(H,23,25). The number of hydrogen-bond acceptors (Lipinski definition) is 5. The highest BCUT2D eigenvalue weighted by Crippen LogP contribution is 2.36. The van der Waals surface area contributed by atoms with Crippen molar-refractivity contribution in [3.05, 3.63) is 46.7 Å². The quantitative estimate of drug-likeness (QED) is 0.813. The molecule has 8 heteroatoms. The summed E-state index contributed by atoms with van der Waals surface area (Å²) in [4.78, 5) is 28.9. The molecule has 0 aliphatic rings. The fourth-order valence-electron chi connectivity index (χ4n) is 2.25. The maximum absolute atomic E-state index is 12.6. The molecule has 0 aliphatic carbocycles. The van der Waals surface area contributed by atoms with Gasteiger partial charge in [-0.2, -0.15) is 0 Å². The largest absolute Gasteiger partial charge is 0.495 e. The Morgan fingerprint density at radius 3 is 2.11 bits per heavy atom. The molecule has 0 aliphatic heterocycles. The van der Waals surface area contributed by atoms with Crippen molar-refractivity contribution in [3.63, 3.8) is 0 Å². The average molecular weight is 392 g/mol. The minimum atomic E-state index is -0.449. The van der Waals surface area contributed by atoms with Crippen LogP contribution in [0.25, 0.3) is 0 Å². The van der Waals surface area contributed by atoms with E-state index in [2.05, 4.69) is 15.6 Å². The Morgan fingerprint density at radius 2 is 1.56 bits per heavy atom. The molecular formula is C19H22ClN3O4. The first-order chi connectivity index (χ1) is 12.6. The van der Waals surface area contributed by atoms with Gasteiger partial charge in [0.15, 0.2) is 0 Å². The summed E-state index contributed by atoms with van der Waals surface area (Å²) in [6.07, 6.45) is 2.78. The fourth-order valence-corrected chi connectivity index (χ4v) is 2.48. The van der Waals surface area contributed by atoms with E-state index in [9.17, 15) is 9.59 Å². The van der Waals surface area contributed by atoms with Gasteiger partial charge in [-0.1, -0.05) is 11.6 Å². The second-order valence-corrected chi connectivity index (χ2v) is 7.21. The Morgan fingerprint density at radius 1 is 0.963 bits per heavy atom. The Balaban J connectivity index is 2.27. The van der Waals surface area contributed by atoms with Crippen LogP contribution in [0.3, 0.4) is 0 Å². The molecule has 0 radical (unpaired) electrons. The van der Waals surface area contributed by atoms with Crippen molar-refractivity contribution in [3.8, 4) is 11.5 Å². The summed E-state index contributed by atoms with van der Waals surface area (Å²) >= 11 is 6.07. The lowest BCUT2D eigenvalue weighted by atomic mass is 10.1. The van der Waals surface area contributed by atoms with Crippen LogP contribution in [0.4, 0.5) is 5.69 Å². The highest BCUT2D eigenvalue weighted by molar-refractivity contribution is 6.32. The highest BCUT2D eigenvalue weighted by Gasteiger charge is 2.18. The van der Waals surface area contributed by atoms with Crippen molar-refractivity contribution in [1.82, 2.24) is 10.3 Å². The number of benzene rings is 1. The zero-order valence-electron chi connectivity index (χ0n) is 15.8. The van der Waals surface area contributed by atoms with E-state index in [-0.39, 0.29) is 11.5 Å². The number of ether oxygens (including phenoxy) is 2. The van der Waals surface area contributed by atoms with Gasteiger partial charge in [-0.25, -0.2) is 0 Å². The van der Waals surface area contributed by atoms with Gasteiger partial charge in [0, 0.05) is 30.1 Å². The average Bonchev–Trinajstić information content (AvgIpc) is 2.61. The zero-order valence-corrected chi connectivity index (χ0v) is 16.6. The molecule has 27 heavy (non-hydrogen) atoms. The molecule has 0 unspecified atom stereocenters. The van der Waals surface area contributed by atoms with Crippen molar-refractivity contribution in [2.75, 3.05) is 19.5 Å². The number of methoxy groups -OCH3 is 2. The van der Waals surface area contributed by atoms with Gasteiger partial charge < -0.3 is 20.1 Å². The summed E-state index contributed by atoms with van der Waals surface area (Å²) < 4.78 is 10.4. The molecule has 0 saturated heterocycles. The van der Waals surface area contributed by atoms with Crippen LogP contribution in [-0.2, 0) is 0 Å². The van der Waals surface area contributed by atoms with Crippen LogP contribution in [0, 0.1) is 0 Å². The summed E-state index contributed by atoms with van der Waals surface area (Å²) in [7, 11) is 2.94. The van der Waals surface area contributed by atoms with Crippen LogP contribution < -0.4 is 20.1 Å². The number of aromatic nitrogens is 1. The molecule has 0 saturated carbocycles.